The summed E-state index contributed by atoms with van der Waals surface area (Å²) in [5, 5.41) is 13.7. The molecule has 5 saturated carbocycles. The molecule has 5 aromatic heterocycles. The maximum Gasteiger partial charge on any atom is 0.220 e. The van der Waals surface area contributed by atoms with Gasteiger partial charge < -0.3 is 0 Å². The fraction of sp³-hybridized carbons (Fsp3) is 0.409. The molecule has 132 heavy (non-hydrogen) atoms. The van der Waals surface area contributed by atoms with Gasteiger partial charge in [0.05, 0.1) is 38.1 Å². The van der Waals surface area contributed by atoms with Crippen LogP contribution in [-0.2, 0) is 54.5 Å². The Kier molecular flexibility index (Phi) is 30.8. The van der Waals surface area contributed by atoms with Crippen molar-refractivity contribution in [1.29, 1.82) is 0 Å². The highest BCUT2D eigenvalue weighted by molar-refractivity contribution is 5.98. The van der Waals surface area contributed by atoms with Crippen LogP contribution in [0.2, 0.25) is 0 Å². The van der Waals surface area contributed by atoms with Gasteiger partial charge >= 0.3 is 0 Å². The van der Waals surface area contributed by atoms with Gasteiger partial charge in [-0.15, -0.1) is 0 Å². The highest BCUT2D eigenvalue weighted by atomic mass is 14.9. The van der Waals surface area contributed by atoms with E-state index in [4.69, 9.17) is 0 Å². The predicted octanol–water partition coefficient (Wildman–Crippen LogP) is 32.2. The van der Waals surface area contributed by atoms with E-state index in [-0.39, 0.29) is 0 Å². The lowest BCUT2D eigenvalue weighted by Gasteiger charge is -2.22. The first-order valence-electron chi connectivity index (χ1n) is 51.6. The normalized spacial score (nSPS) is 15.5. The van der Waals surface area contributed by atoms with Crippen molar-refractivity contribution in [3.05, 3.63) is 326 Å². The SMILES string of the molecule is CCc1cc(CC)c(C)c(-c2c3ccc(C4CCCCC4)cc3cc[n+]2C)c1.CCc1ccc(C)c(-c2c3ccc(C4CCCCC4)cc3cc[n+]2C)c1.Cc1cc(C)c(C)c(-c2c3ccc(C4CCCCC4)cc3cc[n+]2C)c1.Cc1ccc(C(C)C)cc1-c1c2ccc(C3CCCCC3)cc2cc[n+]1C.Cc1ccc(C)c(-c2c3ccc(C4CCCCC4)cc3cc[n+]2C)c1. The number of benzene rings is 10. The van der Waals surface area contributed by atoms with E-state index in [1.807, 2.05) is 0 Å². The first-order valence-corrected chi connectivity index (χ1v) is 51.6. The Hall–Kier alpha value is -10.8. The maximum atomic E-state index is 2.47. The first-order chi connectivity index (χ1) is 64.0. The summed E-state index contributed by atoms with van der Waals surface area (Å²) in [5.74, 6) is 4.34. The zero-order chi connectivity index (χ0) is 92.4. The van der Waals surface area contributed by atoms with E-state index in [1.165, 1.54) is 360 Å². The Balaban J connectivity index is 0.000000120. The van der Waals surface area contributed by atoms with Crippen LogP contribution < -0.4 is 22.8 Å². The molecular formula is C127H154N5+5. The number of hydrogen-bond donors (Lipinski definition) is 0. The van der Waals surface area contributed by atoms with Crippen LogP contribution in [0.5, 0.6) is 0 Å². The summed E-state index contributed by atoms with van der Waals surface area (Å²) >= 11 is 0. The zero-order valence-electron chi connectivity index (χ0n) is 83.9. The number of nitrogens with zero attached hydrogens (tertiary/aromatic N) is 5. The average Bonchev–Trinajstić information content (AvgIpc) is 0.761. The number of hydrogen-bond acceptors (Lipinski definition) is 0. The van der Waals surface area contributed by atoms with Gasteiger partial charge in [0.15, 0.2) is 31.0 Å². The molecule has 0 radical (unpaired) electrons. The van der Waals surface area contributed by atoms with E-state index in [0.717, 1.165) is 48.9 Å². The molecule has 5 nitrogen and oxygen atoms in total. The molecule has 0 spiro atoms. The van der Waals surface area contributed by atoms with Gasteiger partial charge in [-0.05, 0) is 345 Å². The van der Waals surface area contributed by atoms with Gasteiger partial charge in [-0.1, -0.05) is 251 Å². The molecule has 0 unspecified atom stereocenters. The van der Waals surface area contributed by atoms with Gasteiger partial charge in [0, 0.05) is 47.0 Å². The van der Waals surface area contributed by atoms with Gasteiger partial charge in [0.2, 0.25) is 28.5 Å². The van der Waals surface area contributed by atoms with Crippen LogP contribution >= 0.6 is 0 Å². The van der Waals surface area contributed by atoms with E-state index < -0.39 is 0 Å². The van der Waals surface area contributed by atoms with Crippen LogP contribution in [0.4, 0.5) is 0 Å². The maximum absolute atomic E-state index is 2.47. The van der Waals surface area contributed by atoms with Crippen LogP contribution in [0.15, 0.2) is 231 Å². The summed E-state index contributed by atoms with van der Waals surface area (Å²) in [4.78, 5) is 0. The van der Waals surface area contributed by atoms with Crippen molar-refractivity contribution in [1.82, 2.24) is 0 Å². The van der Waals surface area contributed by atoms with Crippen LogP contribution in [0.25, 0.3) is 110 Å². The van der Waals surface area contributed by atoms with Crippen LogP contribution in [0.1, 0.15) is 325 Å². The van der Waals surface area contributed by atoms with Crippen molar-refractivity contribution in [2.45, 2.75) is 305 Å². The molecule has 5 heterocycles. The second kappa shape index (κ2) is 43.1. The van der Waals surface area contributed by atoms with Crippen molar-refractivity contribution >= 4 is 53.9 Å². The minimum atomic E-state index is 0.544. The van der Waals surface area contributed by atoms with E-state index in [9.17, 15) is 0 Å². The molecular weight excluding hydrogens is 1600 g/mol. The van der Waals surface area contributed by atoms with E-state index in [1.54, 1.807) is 5.56 Å². The van der Waals surface area contributed by atoms with E-state index in [2.05, 4.69) is 379 Å². The molecule has 20 rings (SSSR count). The third kappa shape index (κ3) is 21.2. The van der Waals surface area contributed by atoms with Gasteiger partial charge in [-0.25, -0.2) is 22.8 Å². The second-order valence-corrected chi connectivity index (χ2v) is 41.2. The zero-order valence-corrected chi connectivity index (χ0v) is 83.9. The summed E-state index contributed by atoms with van der Waals surface area (Å²) in [6, 6.07) is 77.5. The van der Waals surface area contributed by atoms with Crippen LogP contribution in [0, 0.1) is 55.4 Å². The van der Waals surface area contributed by atoms with Crippen molar-refractivity contribution in [3.63, 3.8) is 0 Å². The Labute approximate surface area is 793 Å². The third-order valence-electron chi connectivity index (χ3n) is 31.7. The monoisotopic (exact) mass is 1750 g/mol. The summed E-state index contributed by atoms with van der Waals surface area (Å²) in [7, 11) is 10.9. The number of rotatable bonds is 14. The van der Waals surface area contributed by atoms with Gasteiger partial charge in [0.1, 0.15) is 35.2 Å². The third-order valence-corrected chi connectivity index (χ3v) is 31.7. The second-order valence-electron chi connectivity index (χ2n) is 41.2. The molecule has 5 aliphatic rings. The molecule has 0 amide bonds. The van der Waals surface area contributed by atoms with Crippen molar-refractivity contribution < 1.29 is 22.8 Å². The standard InChI is InChI=1S/C27H34N.C26H32N.2C25H30N.C24H28N/c1-5-20-16-21(6-2)19(3)26(17-20)27-25-13-12-23(22-10-8-7-9-11-22)18-24(25)14-15-28(27)4;1-18(2)21-11-10-19(3)25(17-21)26-24-13-12-22(20-8-6-5-7-9-20)16-23(24)14-15-27(26)4;1-17-14-18(2)19(3)24(15-17)25-23-11-10-21(20-8-6-5-7-9-20)16-22(23)12-13-26(25)4;1-4-19-11-10-18(2)24(16-19)25-23-13-12-21(20-8-6-5-7-9-20)17-22(23)14-15-26(25)3;1-17-9-10-18(2)23(15-17)24-22-12-11-20(19-7-5-4-6-8-19)16-21(22)13-14-25(24)3/h12-18,22H,5-11H2,1-4H3;10-18,20H,5-9H2,1-4H3;10-16,20H,5-9H2,1-4H3;10-17,20H,4-9H2,1-3H3;9-16,19H,4-8H2,1-3H3/q5*+1. The predicted molar refractivity (Wildman–Crippen MR) is 562 cm³/mol. The molecule has 0 atom stereocenters. The topological polar surface area (TPSA) is 19.4 Å². The summed E-state index contributed by atoms with van der Waals surface area (Å²) in [5.41, 5.74) is 37.8. The molecule has 682 valence electrons. The number of aryl methyl sites for hydroxylation is 14. The van der Waals surface area contributed by atoms with Crippen molar-refractivity contribution in [2.24, 2.45) is 35.2 Å². The van der Waals surface area contributed by atoms with Crippen molar-refractivity contribution in [2.75, 3.05) is 0 Å². The van der Waals surface area contributed by atoms with Crippen molar-refractivity contribution in [3.8, 4) is 56.3 Å². The summed E-state index contributed by atoms with van der Waals surface area (Å²) in [6.45, 7) is 29.1. The average molecular weight is 1750 g/mol. The number of aromatic nitrogens is 5. The molecule has 5 aliphatic carbocycles. The molecule has 5 fully saturated rings. The minimum Gasteiger partial charge on any atom is -0.200 e. The molecule has 5 heteroatoms. The van der Waals surface area contributed by atoms with Gasteiger partial charge in [-0.2, -0.15) is 0 Å². The molecule has 15 aromatic rings. The molecule has 10 aromatic carbocycles. The summed E-state index contributed by atoms with van der Waals surface area (Å²) < 4.78 is 11.4. The van der Waals surface area contributed by atoms with E-state index in [0.29, 0.717) is 5.92 Å². The lowest BCUT2D eigenvalue weighted by atomic mass is 9.83. The van der Waals surface area contributed by atoms with Crippen LogP contribution in [-0.4, -0.2) is 0 Å². The quantitative estimate of drug-likeness (QED) is 0.0967. The Morgan fingerprint density at radius 1 is 0.242 bits per heavy atom. The van der Waals surface area contributed by atoms with E-state index >= 15 is 0 Å². The number of pyridine rings is 5. The molecule has 0 bridgehead atoms. The van der Waals surface area contributed by atoms with Gasteiger partial charge in [0.25, 0.3) is 0 Å². The Bertz CT molecular complexity index is 6620. The van der Waals surface area contributed by atoms with Crippen LogP contribution in [0.3, 0.4) is 0 Å². The molecule has 0 N–H and O–H groups in total. The lowest BCUT2D eigenvalue weighted by Crippen LogP contribution is -2.31. The highest BCUT2D eigenvalue weighted by Gasteiger charge is 2.29. The highest BCUT2D eigenvalue weighted by Crippen LogP contribution is 2.44. The Morgan fingerprint density at radius 2 is 0.530 bits per heavy atom. The molecule has 0 saturated heterocycles. The lowest BCUT2D eigenvalue weighted by molar-refractivity contribution is -0.659. The minimum absolute atomic E-state index is 0.544. The smallest absolute Gasteiger partial charge is 0.200 e. The number of fused-ring (bicyclic) bond motifs is 5. The van der Waals surface area contributed by atoms with Gasteiger partial charge in [-0.3, -0.25) is 0 Å². The largest absolute Gasteiger partial charge is 0.220 e. The molecule has 0 aliphatic heterocycles. The Morgan fingerprint density at radius 3 is 0.856 bits per heavy atom. The first kappa shape index (κ1) is 94.4. The summed E-state index contributed by atoms with van der Waals surface area (Å²) in [6.07, 6.45) is 48.9. The fourth-order valence-corrected chi connectivity index (χ4v) is 23.4. The fourth-order valence-electron chi connectivity index (χ4n) is 23.4.